The van der Waals surface area contributed by atoms with E-state index in [2.05, 4.69) is 0 Å². The van der Waals surface area contributed by atoms with E-state index in [4.69, 9.17) is 4.74 Å². The highest BCUT2D eigenvalue weighted by Gasteiger charge is 2.04. The summed E-state index contributed by atoms with van der Waals surface area (Å²) in [5, 5.41) is 9.35. The van der Waals surface area contributed by atoms with Gasteiger partial charge >= 0.3 is 0 Å². The minimum absolute atomic E-state index is 0.259. The van der Waals surface area contributed by atoms with E-state index in [0.29, 0.717) is 13.0 Å². The van der Waals surface area contributed by atoms with Crippen molar-refractivity contribution in [1.29, 1.82) is 0 Å². The van der Waals surface area contributed by atoms with Crippen LogP contribution in [0.5, 0.6) is 0 Å². The molecule has 1 rings (SSSR count). The zero-order valence-corrected chi connectivity index (χ0v) is 7.53. The first kappa shape index (κ1) is 10.2. The molecule has 0 saturated heterocycles. The van der Waals surface area contributed by atoms with Crippen LogP contribution in [0.4, 0.5) is 4.39 Å². The number of aliphatic hydroxyl groups excluding tert-OH is 1. The number of benzene rings is 1. The Morgan fingerprint density at radius 2 is 2.00 bits per heavy atom. The molecular formula is C10H13FO2. The number of rotatable bonds is 4. The van der Waals surface area contributed by atoms with Crippen LogP contribution in [0, 0.1) is 5.82 Å². The number of ether oxygens (including phenoxy) is 1. The quantitative estimate of drug-likeness (QED) is 0.766. The van der Waals surface area contributed by atoms with Crippen LogP contribution in [0.15, 0.2) is 24.3 Å². The van der Waals surface area contributed by atoms with Gasteiger partial charge in [-0.15, -0.1) is 0 Å². The van der Waals surface area contributed by atoms with Gasteiger partial charge < -0.3 is 9.84 Å². The van der Waals surface area contributed by atoms with E-state index in [1.165, 1.54) is 19.2 Å². The summed E-state index contributed by atoms with van der Waals surface area (Å²) in [6.45, 7) is 0.303. The van der Waals surface area contributed by atoms with Gasteiger partial charge in [0, 0.05) is 13.5 Å². The van der Waals surface area contributed by atoms with Crippen LogP contribution >= 0.6 is 0 Å². The molecular weight excluding hydrogens is 171 g/mol. The molecule has 0 aromatic heterocycles. The van der Waals surface area contributed by atoms with Crippen LogP contribution in [0.3, 0.4) is 0 Å². The highest BCUT2D eigenvalue weighted by atomic mass is 19.1. The van der Waals surface area contributed by atoms with E-state index >= 15 is 0 Å². The molecule has 1 aromatic carbocycles. The van der Waals surface area contributed by atoms with Gasteiger partial charge in [-0.1, -0.05) is 12.1 Å². The maximum Gasteiger partial charge on any atom is 0.123 e. The second-order valence-corrected chi connectivity index (χ2v) is 2.94. The van der Waals surface area contributed by atoms with Gasteiger partial charge in [-0.3, -0.25) is 0 Å². The lowest BCUT2D eigenvalue weighted by molar-refractivity contribution is 0.0650. The smallest absolute Gasteiger partial charge is 0.123 e. The summed E-state index contributed by atoms with van der Waals surface area (Å²) in [5.74, 6) is -0.259. The lowest BCUT2D eigenvalue weighted by Crippen LogP contribution is -2.16. The van der Waals surface area contributed by atoms with E-state index < -0.39 is 6.10 Å². The molecule has 0 aliphatic carbocycles. The first-order valence-corrected chi connectivity index (χ1v) is 4.14. The van der Waals surface area contributed by atoms with Crippen LogP contribution in [0.25, 0.3) is 0 Å². The normalized spacial score (nSPS) is 12.8. The molecule has 1 atom stereocenters. The number of methoxy groups -OCH3 is 1. The van der Waals surface area contributed by atoms with Crippen molar-refractivity contribution in [2.24, 2.45) is 0 Å². The third-order valence-corrected chi connectivity index (χ3v) is 1.74. The molecule has 3 heteroatoms. The zero-order chi connectivity index (χ0) is 9.68. The average molecular weight is 184 g/mol. The Balaban J connectivity index is 2.49. The Morgan fingerprint density at radius 3 is 2.54 bits per heavy atom. The third kappa shape index (κ3) is 3.53. The summed E-state index contributed by atoms with van der Waals surface area (Å²) in [6.07, 6.45) is -0.0239. The van der Waals surface area contributed by atoms with Crippen LogP contribution in [0.2, 0.25) is 0 Å². The van der Waals surface area contributed by atoms with Gasteiger partial charge in [0.05, 0.1) is 12.7 Å². The second kappa shape index (κ2) is 4.94. The third-order valence-electron chi connectivity index (χ3n) is 1.74. The van der Waals surface area contributed by atoms with E-state index in [0.717, 1.165) is 5.56 Å². The summed E-state index contributed by atoms with van der Waals surface area (Å²) >= 11 is 0. The van der Waals surface area contributed by atoms with Crippen molar-refractivity contribution in [3.8, 4) is 0 Å². The number of hydrogen-bond acceptors (Lipinski definition) is 2. The SMILES string of the molecule is COCC(O)Cc1ccc(F)cc1. The van der Waals surface area contributed by atoms with Gasteiger partial charge in [0.25, 0.3) is 0 Å². The molecule has 0 amide bonds. The first-order valence-electron chi connectivity index (χ1n) is 4.14. The first-order chi connectivity index (χ1) is 6.22. The topological polar surface area (TPSA) is 29.5 Å². The van der Waals surface area contributed by atoms with Crippen molar-refractivity contribution in [3.63, 3.8) is 0 Å². The second-order valence-electron chi connectivity index (χ2n) is 2.94. The molecule has 0 heterocycles. The number of halogens is 1. The van der Waals surface area contributed by atoms with Gasteiger partial charge in [0.15, 0.2) is 0 Å². The highest BCUT2D eigenvalue weighted by molar-refractivity contribution is 5.16. The maximum absolute atomic E-state index is 12.5. The summed E-state index contributed by atoms with van der Waals surface area (Å²) in [7, 11) is 1.54. The van der Waals surface area contributed by atoms with Gasteiger partial charge in [-0.2, -0.15) is 0 Å². The maximum atomic E-state index is 12.5. The standard InChI is InChI=1S/C10H13FO2/c1-13-7-10(12)6-8-2-4-9(11)5-3-8/h2-5,10,12H,6-7H2,1H3. The van der Waals surface area contributed by atoms with Crippen molar-refractivity contribution < 1.29 is 14.2 Å². The van der Waals surface area contributed by atoms with Crippen LogP contribution < -0.4 is 0 Å². The van der Waals surface area contributed by atoms with E-state index in [1.54, 1.807) is 12.1 Å². The number of aliphatic hydroxyl groups is 1. The molecule has 0 radical (unpaired) electrons. The van der Waals surface area contributed by atoms with Gasteiger partial charge in [0.2, 0.25) is 0 Å². The lowest BCUT2D eigenvalue weighted by atomic mass is 10.1. The Hall–Kier alpha value is -0.930. The molecule has 13 heavy (non-hydrogen) atoms. The van der Waals surface area contributed by atoms with Crippen molar-refractivity contribution >= 4 is 0 Å². The van der Waals surface area contributed by atoms with Crippen molar-refractivity contribution in [2.45, 2.75) is 12.5 Å². The molecule has 1 unspecified atom stereocenters. The predicted octanol–water partition coefficient (Wildman–Crippen LogP) is 1.38. The van der Waals surface area contributed by atoms with Crippen LogP contribution in [-0.4, -0.2) is 24.9 Å². The fourth-order valence-electron chi connectivity index (χ4n) is 1.14. The fourth-order valence-corrected chi connectivity index (χ4v) is 1.14. The summed E-state index contributed by atoms with van der Waals surface area (Å²) in [5.41, 5.74) is 0.908. The molecule has 0 bridgehead atoms. The Labute approximate surface area is 77.0 Å². The summed E-state index contributed by atoms with van der Waals surface area (Å²) in [6, 6.07) is 6.09. The minimum Gasteiger partial charge on any atom is -0.390 e. The van der Waals surface area contributed by atoms with Crippen LogP contribution in [0.1, 0.15) is 5.56 Å². The molecule has 0 saturated carbocycles. The molecule has 2 nitrogen and oxygen atoms in total. The molecule has 72 valence electrons. The highest BCUT2D eigenvalue weighted by Crippen LogP contribution is 2.05. The van der Waals surface area contributed by atoms with Gasteiger partial charge in [0.1, 0.15) is 5.82 Å². The minimum atomic E-state index is -0.518. The van der Waals surface area contributed by atoms with Crippen LogP contribution in [-0.2, 0) is 11.2 Å². The summed E-state index contributed by atoms with van der Waals surface area (Å²) < 4.78 is 17.3. The molecule has 1 aromatic rings. The molecule has 0 spiro atoms. The Bertz CT molecular complexity index is 246. The molecule has 0 fully saturated rings. The van der Waals surface area contributed by atoms with Crippen molar-refractivity contribution in [1.82, 2.24) is 0 Å². The van der Waals surface area contributed by atoms with Gasteiger partial charge in [-0.25, -0.2) is 4.39 Å². The number of hydrogen-bond donors (Lipinski definition) is 1. The lowest BCUT2D eigenvalue weighted by Gasteiger charge is -2.08. The average Bonchev–Trinajstić information content (AvgIpc) is 2.09. The zero-order valence-electron chi connectivity index (χ0n) is 7.53. The van der Waals surface area contributed by atoms with E-state index in [1.807, 2.05) is 0 Å². The van der Waals surface area contributed by atoms with E-state index in [-0.39, 0.29) is 5.82 Å². The van der Waals surface area contributed by atoms with Crippen molar-refractivity contribution in [2.75, 3.05) is 13.7 Å². The molecule has 1 N–H and O–H groups in total. The summed E-state index contributed by atoms with van der Waals surface area (Å²) in [4.78, 5) is 0. The van der Waals surface area contributed by atoms with E-state index in [9.17, 15) is 9.50 Å². The predicted molar refractivity (Wildman–Crippen MR) is 48.0 cm³/mol. The van der Waals surface area contributed by atoms with Gasteiger partial charge in [-0.05, 0) is 17.7 Å². The van der Waals surface area contributed by atoms with Crippen molar-refractivity contribution in [3.05, 3.63) is 35.6 Å². The molecule has 0 aliphatic rings. The largest absolute Gasteiger partial charge is 0.390 e. The Kier molecular flexibility index (Phi) is 3.86. The monoisotopic (exact) mass is 184 g/mol. The Morgan fingerprint density at radius 1 is 1.38 bits per heavy atom. The fraction of sp³-hybridized carbons (Fsp3) is 0.400. The molecule has 0 aliphatic heterocycles.